The molecule has 0 saturated heterocycles. The van der Waals surface area contributed by atoms with Crippen molar-refractivity contribution in [3.8, 4) is 16.9 Å². The van der Waals surface area contributed by atoms with Crippen molar-refractivity contribution in [1.29, 1.82) is 0 Å². The Morgan fingerprint density at radius 3 is 2.66 bits per heavy atom. The summed E-state index contributed by atoms with van der Waals surface area (Å²) in [6.07, 6.45) is 1.58. The van der Waals surface area contributed by atoms with Crippen LogP contribution in [-0.2, 0) is 0 Å². The van der Waals surface area contributed by atoms with Gasteiger partial charge in [-0.25, -0.2) is 4.79 Å². The van der Waals surface area contributed by atoms with E-state index in [1.165, 1.54) is 0 Å². The van der Waals surface area contributed by atoms with Gasteiger partial charge in [-0.1, -0.05) is 41.9 Å². The summed E-state index contributed by atoms with van der Waals surface area (Å²) in [4.78, 5) is 16.9. The van der Waals surface area contributed by atoms with Crippen LogP contribution in [0.25, 0.3) is 22.1 Å². The first-order valence-electron chi connectivity index (χ1n) is 9.10. The van der Waals surface area contributed by atoms with E-state index in [2.05, 4.69) is 4.99 Å². The fraction of sp³-hybridized carbons (Fsp3) is 0.0833. The van der Waals surface area contributed by atoms with E-state index in [0.29, 0.717) is 33.0 Å². The molecule has 0 radical (unpaired) electrons. The topological polar surface area (TPSA) is 62.8 Å². The number of aromatic hydroxyl groups is 1. The van der Waals surface area contributed by atoms with E-state index in [0.717, 1.165) is 16.5 Å². The van der Waals surface area contributed by atoms with Crippen LogP contribution >= 0.6 is 11.6 Å². The number of benzene rings is 3. The van der Waals surface area contributed by atoms with Crippen molar-refractivity contribution in [2.75, 3.05) is 0 Å². The summed E-state index contributed by atoms with van der Waals surface area (Å²) in [5, 5.41) is 11.7. The Balaban J connectivity index is 1.74. The van der Waals surface area contributed by atoms with E-state index in [4.69, 9.17) is 16.0 Å². The Kier molecular flexibility index (Phi) is 4.95. The SMILES string of the molecule is Cc1cc(O)c(C=Nc2cccc(-c3cc4ccccc4oc3=O)c2)c(C)c1Cl. The molecule has 0 aliphatic carbocycles. The molecular weight excluding hydrogens is 386 g/mol. The molecule has 0 fully saturated rings. The third kappa shape index (κ3) is 3.67. The molecule has 3 aromatic carbocycles. The first kappa shape index (κ1) is 19.0. The van der Waals surface area contributed by atoms with Crippen molar-refractivity contribution >= 4 is 34.5 Å². The fourth-order valence-corrected chi connectivity index (χ4v) is 3.43. The number of phenols is 1. The molecule has 5 heteroatoms. The molecule has 0 aliphatic heterocycles. The predicted octanol–water partition coefficient (Wildman–Crippen LogP) is 6.19. The zero-order chi connectivity index (χ0) is 20.5. The van der Waals surface area contributed by atoms with Gasteiger partial charge in [0.25, 0.3) is 0 Å². The van der Waals surface area contributed by atoms with Crippen LogP contribution in [0.1, 0.15) is 16.7 Å². The average molecular weight is 404 g/mol. The lowest BCUT2D eigenvalue weighted by atomic mass is 10.0. The van der Waals surface area contributed by atoms with E-state index in [1.807, 2.05) is 56.3 Å². The van der Waals surface area contributed by atoms with Crippen LogP contribution in [0.15, 0.2) is 74.9 Å². The first-order chi connectivity index (χ1) is 13.9. The van der Waals surface area contributed by atoms with Gasteiger partial charge in [-0.05, 0) is 60.9 Å². The Morgan fingerprint density at radius 2 is 1.83 bits per heavy atom. The standard InChI is InChI=1S/C24H18ClNO3/c1-14-10-21(27)20(15(2)23(14)25)13-26-18-8-5-7-16(11-18)19-12-17-6-3-4-9-22(17)29-24(19)28/h3-13,27H,1-2H3. The molecule has 0 saturated carbocycles. The lowest BCUT2D eigenvalue weighted by Gasteiger charge is -2.09. The number of nitrogens with zero attached hydrogens (tertiary/aromatic N) is 1. The Bertz CT molecular complexity index is 1320. The molecule has 0 amide bonds. The van der Waals surface area contributed by atoms with Crippen molar-refractivity contribution in [2.24, 2.45) is 4.99 Å². The van der Waals surface area contributed by atoms with Crippen LogP contribution in [0.4, 0.5) is 5.69 Å². The lowest BCUT2D eigenvalue weighted by molar-refractivity contribution is 0.473. The molecule has 4 nitrogen and oxygen atoms in total. The minimum atomic E-state index is -0.399. The van der Waals surface area contributed by atoms with Gasteiger partial charge < -0.3 is 9.52 Å². The van der Waals surface area contributed by atoms with E-state index in [1.54, 1.807) is 24.4 Å². The molecule has 144 valence electrons. The molecule has 4 rings (SSSR count). The van der Waals surface area contributed by atoms with Gasteiger partial charge in [-0.15, -0.1) is 0 Å². The highest BCUT2D eigenvalue weighted by Crippen LogP contribution is 2.30. The van der Waals surface area contributed by atoms with Crippen LogP contribution < -0.4 is 5.63 Å². The summed E-state index contributed by atoms with van der Waals surface area (Å²) in [6.45, 7) is 3.68. The normalized spacial score (nSPS) is 11.4. The summed E-state index contributed by atoms with van der Waals surface area (Å²) < 4.78 is 5.43. The van der Waals surface area contributed by atoms with Gasteiger partial charge in [0.15, 0.2) is 0 Å². The number of fused-ring (bicyclic) bond motifs is 1. The summed E-state index contributed by atoms with van der Waals surface area (Å²) >= 11 is 6.29. The van der Waals surface area contributed by atoms with Gasteiger partial charge in [0.1, 0.15) is 11.3 Å². The van der Waals surface area contributed by atoms with Crippen LogP contribution in [-0.4, -0.2) is 11.3 Å². The minimum Gasteiger partial charge on any atom is -0.507 e. The van der Waals surface area contributed by atoms with Crippen molar-refractivity contribution in [3.05, 3.63) is 92.8 Å². The number of rotatable bonds is 3. The quantitative estimate of drug-likeness (QED) is 0.328. The van der Waals surface area contributed by atoms with Gasteiger partial charge >= 0.3 is 5.63 Å². The molecule has 29 heavy (non-hydrogen) atoms. The second kappa shape index (κ2) is 7.57. The van der Waals surface area contributed by atoms with E-state index in [-0.39, 0.29) is 5.75 Å². The Morgan fingerprint density at radius 1 is 1.03 bits per heavy atom. The summed E-state index contributed by atoms with van der Waals surface area (Å²) in [5.41, 5.74) is 4.12. The van der Waals surface area contributed by atoms with Gasteiger partial charge in [-0.2, -0.15) is 0 Å². The summed E-state index contributed by atoms with van der Waals surface area (Å²) in [6, 6.07) is 18.1. The maximum absolute atomic E-state index is 12.4. The van der Waals surface area contributed by atoms with Crippen LogP contribution in [0.2, 0.25) is 5.02 Å². The van der Waals surface area contributed by atoms with Crippen molar-refractivity contribution < 1.29 is 9.52 Å². The van der Waals surface area contributed by atoms with Crippen LogP contribution in [0.3, 0.4) is 0 Å². The summed E-state index contributed by atoms with van der Waals surface area (Å²) in [7, 11) is 0. The number of hydrogen-bond acceptors (Lipinski definition) is 4. The van der Waals surface area contributed by atoms with E-state index in [9.17, 15) is 9.90 Å². The third-order valence-electron chi connectivity index (χ3n) is 4.85. The maximum atomic E-state index is 12.4. The molecule has 1 N–H and O–H groups in total. The Hall–Kier alpha value is -3.37. The Labute approximate surface area is 172 Å². The average Bonchev–Trinajstić information content (AvgIpc) is 2.71. The van der Waals surface area contributed by atoms with Crippen molar-refractivity contribution in [2.45, 2.75) is 13.8 Å². The van der Waals surface area contributed by atoms with Crippen LogP contribution in [0, 0.1) is 13.8 Å². The molecule has 0 bridgehead atoms. The highest BCUT2D eigenvalue weighted by Gasteiger charge is 2.11. The van der Waals surface area contributed by atoms with Crippen molar-refractivity contribution in [1.82, 2.24) is 0 Å². The molecule has 0 aliphatic rings. The largest absolute Gasteiger partial charge is 0.507 e. The highest BCUT2D eigenvalue weighted by molar-refractivity contribution is 6.32. The molecule has 1 heterocycles. The number of halogens is 1. The summed E-state index contributed by atoms with van der Waals surface area (Å²) in [5.74, 6) is 0.125. The second-order valence-electron chi connectivity index (χ2n) is 6.86. The molecular formula is C24H18ClNO3. The first-order valence-corrected chi connectivity index (χ1v) is 9.48. The molecule has 1 aromatic heterocycles. The van der Waals surface area contributed by atoms with E-state index < -0.39 is 5.63 Å². The van der Waals surface area contributed by atoms with Gasteiger partial charge in [-0.3, -0.25) is 4.99 Å². The lowest BCUT2D eigenvalue weighted by Crippen LogP contribution is -2.02. The molecule has 4 aromatic rings. The van der Waals surface area contributed by atoms with Gasteiger partial charge in [0.2, 0.25) is 0 Å². The van der Waals surface area contributed by atoms with Gasteiger partial charge in [0.05, 0.1) is 11.3 Å². The number of phenolic OH excluding ortho intramolecular Hbond substituents is 1. The predicted molar refractivity (Wildman–Crippen MR) is 118 cm³/mol. The molecule has 0 spiro atoms. The second-order valence-corrected chi connectivity index (χ2v) is 7.24. The zero-order valence-corrected chi connectivity index (χ0v) is 16.7. The highest BCUT2D eigenvalue weighted by atomic mass is 35.5. The van der Waals surface area contributed by atoms with Gasteiger partial charge in [0, 0.05) is 22.2 Å². The molecule has 0 atom stereocenters. The van der Waals surface area contributed by atoms with Crippen LogP contribution in [0.5, 0.6) is 5.75 Å². The monoisotopic (exact) mass is 403 g/mol. The minimum absolute atomic E-state index is 0.125. The number of hydrogen-bond donors (Lipinski definition) is 1. The van der Waals surface area contributed by atoms with Crippen molar-refractivity contribution in [3.63, 3.8) is 0 Å². The fourth-order valence-electron chi connectivity index (χ4n) is 3.27. The van der Waals surface area contributed by atoms with E-state index >= 15 is 0 Å². The number of para-hydroxylation sites is 1. The third-order valence-corrected chi connectivity index (χ3v) is 5.43. The number of aryl methyl sites for hydroxylation is 1. The maximum Gasteiger partial charge on any atom is 0.344 e. The zero-order valence-electron chi connectivity index (χ0n) is 15.9. The number of aliphatic imine (C=N–C) groups is 1. The smallest absolute Gasteiger partial charge is 0.344 e. The molecule has 0 unspecified atom stereocenters.